The number of halogens is 3. The maximum absolute atomic E-state index is 12.4. The minimum Gasteiger partial charge on any atom is -0.392 e. The van der Waals surface area contributed by atoms with Crippen LogP contribution in [0.25, 0.3) is 0 Å². The highest BCUT2D eigenvalue weighted by Gasteiger charge is 2.30. The van der Waals surface area contributed by atoms with E-state index in [-0.39, 0.29) is 6.61 Å². The maximum Gasteiger partial charge on any atom is 0.417 e. The highest BCUT2D eigenvalue weighted by Crippen LogP contribution is 2.32. The molecule has 0 bridgehead atoms. The summed E-state index contributed by atoms with van der Waals surface area (Å²) in [5.41, 5.74) is 1.01. The second-order valence-corrected chi connectivity index (χ2v) is 5.33. The first kappa shape index (κ1) is 14.9. The Morgan fingerprint density at radius 2 is 1.95 bits per heavy atom. The summed E-state index contributed by atoms with van der Waals surface area (Å²) in [6, 6.07) is 7.84. The number of benzene rings is 1. The topological polar surface area (TPSA) is 33.1 Å². The van der Waals surface area contributed by atoms with Crippen LogP contribution < -0.4 is 0 Å². The van der Waals surface area contributed by atoms with Gasteiger partial charge in [0, 0.05) is 11.1 Å². The van der Waals surface area contributed by atoms with E-state index in [9.17, 15) is 13.2 Å². The van der Waals surface area contributed by atoms with Gasteiger partial charge in [-0.05, 0) is 42.3 Å². The van der Waals surface area contributed by atoms with E-state index < -0.39 is 11.7 Å². The van der Waals surface area contributed by atoms with Crippen LogP contribution in [0, 0.1) is 6.92 Å². The monoisotopic (exact) mass is 299 g/mol. The summed E-state index contributed by atoms with van der Waals surface area (Å²) in [6.45, 7) is 1.84. The quantitative estimate of drug-likeness (QED) is 0.928. The standard InChI is InChI=1S/C14H12F3NOS/c1-9-6-12(4-2-10(9)8-19)20-13-5-3-11(7-18-13)14(15,16)17/h2-7,19H,8H2,1H3. The number of aliphatic hydroxyl groups is 1. The zero-order valence-corrected chi connectivity index (χ0v) is 11.4. The van der Waals surface area contributed by atoms with E-state index in [4.69, 9.17) is 5.11 Å². The smallest absolute Gasteiger partial charge is 0.392 e. The number of pyridine rings is 1. The van der Waals surface area contributed by atoms with E-state index in [0.29, 0.717) is 5.03 Å². The van der Waals surface area contributed by atoms with Crippen LogP contribution in [0.2, 0.25) is 0 Å². The van der Waals surface area contributed by atoms with Crippen molar-refractivity contribution in [3.05, 3.63) is 53.2 Å². The number of hydrogen-bond acceptors (Lipinski definition) is 3. The van der Waals surface area contributed by atoms with Gasteiger partial charge in [0.1, 0.15) is 5.03 Å². The Bertz CT molecular complexity index is 596. The van der Waals surface area contributed by atoms with Gasteiger partial charge in [-0.25, -0.2) is 4.98 Å². The van der Waals surface area contributed by atoms with Crippen molar-refractivity contribution in [3.8, 4) is 0 Å². The molecule has 0 aliphatic heterocycles. The Balaban J connectivity index is 2.16. The lowest BCUT2D eigenvalue weighted by atomic mass is 10.1. The van der Waals surface area contributed by atoms with Gasteiger partial charge in [-0.1, -0.05) is 17.8 Å². The maximum atomic E-state index is 12.4. The van der Waals surface area contributed by atoms with Crippen molar-refractivity contribution < 1.29 is 18.3 Å². The molecule has 0 saturated carbocycles. The fourth-order valence-electron chi connectivity index (χ4n) is 1.64. The highest BCUT2D eigenvalue weighted by atomic mass is 32.2. The highest BCUT2D eigenvalue weighted by molar-refractivity contribution is 7.99. The third-order valence-corrected chi connectivity index (χ3v) is 3.71. The second kappa shape index (κ2) is 5.85. The zero-order valence-electron chi connectivity index (χ0n) is 10.6. The normalized spacial score (nSPS) is 11.7. The lowest BCUT2D eigenvalue weighted by Crippen LogP contribution is -2.04. The number of hydrogen-bond donors (Lipinski definition) is 1. The number of aromatic nitrogens is 1. The third kappa shape index (κ3) is 3.52. The average Bonchev–Trinajstić information content (AvgIpc) is 2.38. The Labute approximate surface area is 118 Å². The number of alkyl halides is 3. The average molecular weight is 299 g/mol. The van der Waals surface area contributed by atoms with Gasteiger partial charge in [0.25, 0.3) is 0 Å². The molecule has 2 nitrogen and oxygen atoms in total. The molecule has 0 saturated heterocycles. The molecule has 0 atom stereocenters. The summed E-state index contributed by atoms with van der Waals surface area (Å²) >= 11 is 1.28. The van der Waals surface area contributed by atoms with Crippen LogP contribution in [0.4, 0.5) is 13.2 Å². The predicted molar refractivity (Wildman–Crippen MR) is 70.5 cm³/mol. The molecule has 0 aliphatic carbocycles. The van der Waals surface area contributed by atoms with Crippen LogP contribution in [0.5, 0.6) is 0 Å². The van der Waals surface area contributed by atoms with Gasteiger partial charge < -0.3 is 5.11 Å². The van der Waals surface area contributed by atoms with Gasteiger partial charge >= 0.3 is 6.18 Å². The molecule has 106 valence electrons. The van der Waals surface area contributed by atoms with Crippen molar-refractivity contribution in [2.75, 3.05) is 0 Å². The van der Waals surface area contributed by atoms with E-state index in [1.165, 1.54) is 17.8 Å². The van der Waals surface area contributed by atoms with Crippen molar-refractivity contribution in [1.82, 2.24) is 4.98 Å². The fourth-order valence-corrected chi connectivity index (χ4v) is 2.49. The Kier molecular flexibility index (Phi) is 4.35. The van der Waals surface area contributed by atoms with Crippen LogP contribution in [0.3, 0.4) is 0 Å². The molecule has 6 heteroatoms. The van der Waals surface area contributed by atoms with Crippen molar-refractivity contribution >= 4 is 11.8 Å². The van der Waals surface area contributed by atoms with Crippen LogP contribution in [-0.4, -0.2) is 10.1 Å². The first-order valence-corrected chi connectivity index (χ1v) is 6.63. The Morgan fingerprint density at radius 3 is 2.45 bits per heavy atom. The minimum absolute atomic E-state index is 0.0324. The van der Waals surface area contributed by atoms with Gasteiger partial charge in [-0.2, -0.15) is 13.2 Å². The second-order valence-electron chi connectivity index (χ2n) is 4.23. The van der Waals surface area contributed by atoms with Gasteiger partial charge in [-0.15, -0.1) is 0 Å². The molecular formula is C14H12F3NOS. The molecule has 1 aromatic carbocycles. The molecule has 1 heterocycles. The molecular weight excluding hydrogens is 287 g/mol. The third-order valence-electron chi connectivity index (χ3n) is 2.77. The molecule has 1 aromatic heterocycles. The number of rotatable bonds is 3. The minimum atomic E-state index is -4.37. The largest absolute Gasteiger partial charge is 0.417 e. The molecule has 0 amide bonds. The molecule has 2 aromatic rings. The summed E-state index contributed by atoms with van der Waals surface area (Å²) < 4.78 is 37.2. The van der Waals surface area contributed by atoms with Crippen LogP contribution >= 0.6 is 11.8 Å². The number of aryl methyl sites for hydroxylation is 1. The van der Waals surface area contributed by atoms with Gasteiger partial charge in [0.05, 0.1) is 12.2 Å². The summed E-state index contributed by atoms with van der Waals surface area (Å²) in [7, 11) is 0. The Morgan fingerprint density at radius 1 is 1.20 bits per heavy atom. The summed E-state index contributed by atoms with van der Waals surface area (Å²) in [5.74, 6) is 0. The SMILES string of the molecule is Cc1cc(Sc2ccc(C(F)(F)F)cn2)ccc1CO. The Hall–Kier alpha value is -1.53. The number of aliphatic hydroxyl groups excluding tert-OH is 1. The van der Waals surface area contributed by atoms with Gasteiger partial charge in [0.2, 0.25) is 0 Å². The van der Waals surface area contributed by atoms with E-state index in [1.807, 2.05) is 19.1 Å². The van der Waals surface area contributed by atoms with E-state index >= 15 is 0 Å². The van der Waals surface area contributed by atoms with E-state index in [0.717, 1.165) is 28.3 Å². The summed E-state index contributed by atoms with van der Waals surface area (Å²) in [5, 5.41) is 9.57. The number of nitrogens with zero attached hydrogens (tertiary/aromatic N) is 1. The van der Waals surface area contributed by atoms with Crippen molar-refractivity contribution in [2.24, 2.45) is 0 Å². The van der Waals surface area contributed by atoms with Gasteiger partial charge in [-0.3, -0.25) is 0 Å². The molecule has 20 heavy (non-hydrogen) atoms. The molecule has 2 rings (SSSR count). The van der Waals surface area contributed by atoms with Gasteiger partial charge in [0.15, 0.2) is 0 Å². The lowest BCUT2D eigenvalue weighted by molar-refractivity contribution is -0.137. The molecule has 0 fully saturated rings. The summed E-state index contributed by atoms with van der Waals surface area (Å²) in [4.78, 5) is 4.67. The molecule has 1 N–H and O–H groups in total. The van der Waals surface area contributed by atoms with Crippen LogP contribution in [-0.2, 0) is 12.8 Å². The molecule has 0 unspecified atom stereocenters. The van der Waals surface area contributed by atoms with Crippen LogP contribution in [0.15, 0.2) is 46.5 Å². The predicted octanol–water partition coefficient (Wildman–Crippen LogP) is 4.05. The first-order valence-electron chi connectivity index (χ1n) is 5.81. The van der Waals surface area contributed by atoms with E-state index in [1.54, 1.807) is 6.07 Å². The van der Waals surface area contributed by atoms with Crippen molar-refractivity contribution in [3.63, 3.8) is 0 Å². The molecule has 0 spiro atoms. The van der Waals surface area contributed by atoms with Crippen molar-refractivity contribution in [2.45, 2.75) is 29.6 Å². The molecule has 0 radical (unpaired) electrons. The first-order chi connectivity index (χ1) is 9.40. The fraction of sp³-hybridized carbons (Fsp3) is 0.214. The molecule has 0 aliphatic rings. The van der Waals surface area contributed by atoms with Crippen LogP contribution in [0.1, 0.15) is 16.7 Å². The van der Waals surface area contributed by atoms with Crippen molar-refractivity contribution in [1.29, 1.82) is 0 Å². The van der Waals surface area contributed by atoms with E-state index in [2.05, 4.69) is 4.98 Å². The summed E-state index contributed by atoms with van der Waals surface area (Å²) in [6.07, 6.45) is -3.53. The zero-order chi connectivity index (χ0) is 14.8. The lowest BCUT2D eigenvalue weighted by Gasteiger charge is -2.08.